The van der Waals surface area contributed by atoms with Crippen LogP contribution in [0, 0.1) is 11.3 Å². The zero-order chi connectivity index (χ0) is 16.7. The molecule has 118 valence electrons. The van der Waals surface area contributed by atoms with Crippen molar-refractivity contribution < 1.29 is 14.3 Å². The highest BCUT2D eigenvalue weighted by Gasteiger charge is 2.09. The third kappa shape index (κ3) is 4.34. The van der Waals surface area contributed by atoms with Crippen LogP contribution < -0.4 is 14.8 Å². The molecule has 0 saturated heterocycles. The Morgan fingerprint density at radius 2 is 2.22 bits per heavy atom. The minimum atomic E-state index is -0.426. The minimum absolute atomic E-state index is 0.0295. The molecule has 23 heavy (non-hydrogen) atoms. The molecule has 0 atom stereocenters. The molecule has 1 aromatic heterocycles. The van der Waals surface area contributed by atoms with Crippen LogP contribution in [0.4, 0.5) is 0 Å². The molecule has 6 heteroatoms. The number of likely N-dealkylation sites (N-methyl/N-ethyl adjacent to an activating group) is 1. The van der Waals surface area contributed by atoms with E-state index >= 15 is 0 Å². The van der Waals surface area contributed by atoms with E-state index in [2.05, 4.69) is 5.32 Å². The summed E-state index contributed by atoms with van der Waals surface area (Å²) in [7, 11) is 3.03. The zero-order valence-electron chi connectivity index (χ0n) is 12.8. The Bertz CT molecular complexity index is 746. The molecule has 0 saturated carbocycles. The number of ether oxygens (including phenoxy) is 2. The summed E-state index contributed by atoms with van der Waals surface area (Å²) in [4.78, 5) is 12.7. The fourth-order valence-corrected chi connectivity index (χ4v) is 2.50. The number of hydrogen-bond acceptors (Lipinski definition) is 5. The van der Waals surface area contributed by atoms with Gasteiger partial charge in [0.1, 0.15) is 18.2 Å². The number of nitrogens with zero attached hydrogens (tertiary/aromatic N) is 1. The summed E-state index contributed by atoms with van der Waals surface area (Å²) >= 11 is 1.62. The van der Waals surface area contributed by atoms with Gasteiger partial charge >= 0.3 is 0 Å². The quantitative estimate of drug-likeness (QED) is 0.653. The fourth-order valence-electron chi connectivity index (χ4n) is 1.89. The summed E-state index contributed by atoms with van der Waals surface area (Å²) < 4.78 is 11.1. The topological polar surface area (TPSA) is 71.4 Å². The largest absolute Gasteiger partial charge is 0.493 e. The average molecular weight is 328 g/mol. The Hall–Kier alpha value is -2.78. The normalized spacial score (nSPS) is 10.7. The summed E-state index contributed by atoms with van der Waals surface area (Å²) in [6, 6.07) is 11.1. The molecule has 1 amide bonds. The van der Waals surface area contributed by atoms with Crippen LogP contribution in [0.3, 0.4) is 0 Å². The van der Waals surface area contributed by atoms with Gasteiger partial charge in [-0.3, -0.25) is 4.79 Å². The van der Waals surface area contributed by atoms with E-state index in [4.69, 9.17) is 14.7 Å². The lowest BCUT2D eigenvalue weighted by atomic mass is 10.1. The molecule has 2 aromatic rings. The van der Waals surface area contributed by atoms with Crippen LogP contribution in [0.15, 0.2) is 41.3 Å². The fraction of sp³-hybridized carbons (Fsp3) is 0.176. The van der Waals surface area contributed by atoms with Gasteiger partial charge in [-0.15, -0.1) is 11.3 Å². The molecular weight excluding hydrogens is 312 g/mol. The summed E-state index contributed by atoms with van der Waals surface area (Å²) in [5, 5.41) is 13.4. The lowest BCUT2D eigenvalue weighted by molar-refractivity contribution is -0.116. The van der Waals surface area contributed by atoms with Gasteiger partial charge in [0.05, 0.1) is 7.11 Å². The van der Waals surface area contributed by atoms with Crippen molar-refractivity contribution in [1.29, 1.82) is 5.26 Å². The molecule has 2 rings (SSSR count). The Kier molecular flexibility index (Phi) is 5.78. The van der Waals surface area contributed by atoms with Gasteiger partial charge in [-0.25, -0.2) is 0 Å². The second-order valence-corrected chi connectivity index (χ2v) is 5.56. The highest BCUT2D eigenvalue weighted by Crippen LogP contribution is 2.30. The van der Waals surface area contributed by atoms with E-state index in [-0.39, 0.29) is 5.57 Å². The van der Waals surface area contributed by atoms with Gasteiger partial charge in [-0.2, -0.15) is 5.26 Å². The lowest BCUT2D eigenvalue weighted by Gasteiger charge is -2.10. The molecule has 0 spiro atoms. The summed E-state index contributed by atoms with van der Waals surface area (Å²) in [5.74, 6) is 0.727. The van der Waals surface area contributed by atoms with Crippen LogP contribution in [0.2, 0.25) is 0 Å². The van der Waals surface area contributed by atoms with Gasteiger partial charge in [0.25, 0.3) is 5.91 Å². The molecule has 0 aliphatic rings. The average Bonchev–Trinajstić information content (AvgIpc) is 3.11. The molecule has 0 aliphatic heterocycles. The standard InChI is InChI=1S/C17H16N2O3S/c1-19-17(20)13(10-18)8-12-5-6-15(16(9-12)21-2)22-11-14-4-3-7-23-14/h3-9H,11H2,1-2H3,(H,19,20)/b13-8+. The maximum atomic E-state index is 11.5. The number of hydrogen-bond donors (Lipinski definition) is 1. The van der Waals surface area contributed by atoms with Gasteiger partial charge in [-0.1, -0.05) is 12.1 Å². The second kappa shape index (κ2) is 8.01. The molecule has 0 fully saturated rings. The third-order valence-corrected chi connectivity index (χ3v) is 3.89. The highest BCUT2D eigenvalue weighted by atomic mass is 32.1. The number of carbonyl (C=O) groups excluding carboxylic acids is 1. The molecule has 1 N–H and O–H groups in total. The van der Waals surface area contributed by atoms with Gasteiger partial charge in [0.2, 0.25) is 0 Å². The smallest absolute Gasteiger partial charge is 0.261 e. The van der Waals surface area contributed by atoms with E-state index in [0.717, 1.165) is 4.88 Å². The Morgan fingerprint density at radius 3 is 2.83 bits per heavy atom. The Morgan fingerprint density at radius 1 is 1.39 bits per heavy atom. The van der Waals surface area contributed by atoms with Crippen LogP contribution in [-0.2, 0) is 11.4 Å². The van der Waals surface area contributed by atoms with Crippen molar-refractivity contribution in [1.82, 2.24) is 5.32 Å². The first kappa shape index (κ1) is 16.6. The SMILES string of the molecule is CNC(=O)/C(C#N)=C/c1ccc(OCc2cccs2)c(OC)c1. The zero-order valence-corrected chi connectivity index (χ0v) is 13.6. The number of carbonyl (C=O) groups is 1. The maximum Gasteiger partial charge on any atom is 0.261 e. The van der Waals surface area contributed by atoms with Crippen molar-refractivity contribution in [3.8, 4) is 17.6 Å². The summed E-state index contributed by atoms with van der Waals surface area (Å²) in [5.41, 5.74) is 0.715. The van der Waals surface area contributed by atoms with Crippen molar-refractivity contribution in [2.24, 2.45) is 0 Å². The van der Waals surface area contributed by atoms with Crippen LogP contribution in [-0.4, -0.2) is 20.1 Å². The van der Waals surface area contributed by atoms with Gasteiger partial charge in [-0.05, 0) is 35.2 Å². The van der Waals surface area contributed by atoms with E-state index in [1.54, 1.807) is 36.6 Å². The number of nitriles is 1. The first-order chi connectivity index (χ1) is 11.2. The van der Waals surface area contributed by atoms with Crippen molar-refractivity contribution in [2.45, 2.75) is 6.61 Å². The highest BCUT2D eigenvalue weighted by molar-refractivity contribution is 7.09. The number of methoxy groups -OCH3 is 1. The van der Waals surface area contributed by atoms with Crippen LogP contribution in [0.5, 0.6) is 11.5 Å². The molecule has 1 aromatic carbocycles. The first-order valence-corrected chi connectivity index (χ1v) is 7.73. The Balaban J connectivity index is 2.20. The van der Waals surface area contributed by atoms with Crippen molar-refractivity contribution >= 4 is 23.3 Å². The van der Waals surface area contributed by atoms with Crippen LogP contribution >= 0.6 is 11.3 Å². The van der Waals surface area contributed by atoms with Gasteiger partial charge in [0.15, 0.2) is 11.5 Å². The van der Waals surface area contributed by atoms with E-state index in [1.807, 2.05) is 23.6 Å². The molecule has 0 bridgehead atoms. The predicted octanol–water partition coefficient (Wildman–Crippen LogP) is 2.99. The van der Waals surface area contributed by atoms with E-state index in [9.17, 15) is 4.79 Å². The predicted molar refractivity (Wildman–Crippen MR) is 89.3 cm³/mol. The summed E-state index contributed by atoms with van der Waals surface area (Å²) in [6.07, 6.45) is 1.50. The van der Waals surface area contributed by atoms with E-state index in [1.165, 1.54) is 13.1 Å². The number of rotatable bonds is 6. The number of amides is 1. The minimum Gasteiger partial charge on any atom is -0.493 e. The maximum absolute atomic E-state index is 11.5. The number of thiophene rings is 1. The molecule has 1 heterocycles. The molecule has 5 nitrogen and oxygen atoms in total. The van der Waals surface area contributed by atoms with Gasteiger partial charge in [0, 0.05) is 11.9 Å². The van der Waals surface area contributed by atoms with Crippen molar-refractivity contribution in [2.75, 3.05) is 14.2 Å². The Labute approximate surface area is 138 Å². The molecular formula is C17H16N2O3S. The summed E-state index contributed by atoms with van der Waals surface area (Å²) in [6.45, 7) is 0.463. The second-order valence-electron chi connectivity index (χ2n) is 4.53. The monoisotopic (exact) mass is 328 g/mol. The molecule has 0 radical (unpaired) electrons. The first-order valence-electron chi connectivity index (χ1n) is 6.85. The molecule has 0 unspecified atom stereocenters. The van der Waals surface area contributed by atoms with Gasteiger partial charge < -0.3 is 14.8 Å². The van der Waals surface area contributed by atoms with Crippen LogP contribution in [0.25, 0.3) is 6.08 Å². The van der Waals surface area contributed by atoms with Crippen molar-refractivity contribution in [3.05, 3.63) is 51.7 Å². The van der Waals surface area contributed by atoms with E-state index < -0.39 is 5.91 Å². The lowest BCUT2D eigenvalue weighted by Crippen LogP contribution is -2.19. The molecule has 0 aliphatic carbocycles. The van der Waals surface area contributed by atoms with Crippen molar-refractivity contribution in [3.63, 3.8) is 0 Å². The van der Waals surface area contributed by atoms with Crippen LogP contribution in [0.1, 0.15) is 10.4 Å². The number of benzene rings is 1. The van der Waals surface area contributed by atoms with E-state index in [0.29, 0.717) is 23.7 Å². The number of nitrogens with one attached hydrogen (secondary N) is 1. The third-order valence-electron chi connectivity index (χ3n) is 3.04.